The quantitative estimate of drug-likeness (QED) is 0.649. The summed E-state index contributed by atoms with van der Waals surface area (Å²) in [6, 6.07) is 12.3. The van der Waals surface area contributed by atoms with E-state index in [1.54, 1.807) is 26.3 Å². The first-order valence-electron chi connectivity index (χ1n) is 7.84. The lowest BCUT2D eigenvalue weighted by molar-refractivity contribution is 0.408. The van der Waals surface area contributed by atoms with Gasteiger partial charge in [-0.05, 0) is 30.7 Å². The molecule has 2 rings (SSSR count). The van der Waals surface area contributed by atoms with Crippen LogP contribution in [0.15, 0.2) is 41.4 Å². The average molecular weight is 340 g/mol. The summed E-state index contributed by atoms with van der Waals surface area (Å²) in [6.45, 7) is 2.80. The Hall–Kier alpha value is -3.07. The van der Waals surface area contributed by atoms with Crippen LogP contribution in [0, 0.1) is 24.1 Å². The van der Waals surface area contributed by atoms with Gasteiger partial charge in [0, 0.05) is 31.3 Å². The minimum absolute atomic E-state index is 0.266. The highest BCUT2D eigenvalue weighted by atomic mass is 19.1. The van der Waals surface area contributed by atoms with E-state index < -0.39 is 5.82 Å². The van der Waals surface area contributed by atoms with Crippen LogP contribution in [0.1, 0.15) is 22.3 Å². The third-order valence-electron chi connectivity index (χ3n) is 3.74. The van der Waals surface area contributed by atoms with E-state index in [2.05, 4.69) is 15.6 Å². The maximum absolute atomic E-state index is 13.9. The monoisotopic (exact) mass is 340 g/mol. The van der Waals surface area contributed by atoms with Crippen LogP contribution >= 0.6 is 0 Å². The minimum atomic E-state index is -0.415. The molecule has 0 aliphatic rings. The zero-order valence-corrected chi connectivity index (χ0v) is 14.6. The van der Waals surface area contributed by atoms with Gasteiger partial charge in [0.15, 0.2) is 5.96 Å². The second-order valence-corrected chi connectivity index (χ2v) is 5.51. The fourth-order valence-corrected chi connectivity index (χ4v) is 2.34. The number of nitrogens with one attached hydrogen (secondary N) is 2. The molecule has 0 radical (unpaired) electrons. The first kappa shape index (κ1) is 18.3. The first-order valence-corrected chi connectivity index (χ1v) is 7.84. The molecule has 0 saturated carbocycles. The van der Waals surface area contributed by atoms with Crippen molar-refractivity contribution in [3.05, 3.63) is 64.5 Å². The number of halogens is 1. The summed E-state index contributed by atoms with van der Waals surface area (Å²) in [4.78, 5) is 4.13. The van der Waals surface area contributed by atoms with E-state index in [-0.39, 0.29) is 6.54 Å². The Kier molecular flexibility index (Phi) is 6.35. The number of hydrogen-bond donors (Lipinski definition) is 2. The smallest absolute Gasteiger partial charge is 0.191 e. The first-order chi connectivity index (χ1) is 12.1. The zero-order valence-electron chi connectivity index (χ0n) is 14.6. The van der Waals surface area contributed by atoms with Crippen molar-refractivity contribution >= 4 is 5.96 Å². The fourth-order valence-electron chi connectivity index (χ4n) is 2.34. The molecule has 2 aromatic rings. The molecular weight excluding hydrogens is 319 g/mol. The van der Waals surface area contributed by atoms with E-state index in [1.807, 2.05) is 31.2 Å². The van der Waals surface area contributed by atoms with Crippen LogP contribution in [0.3, 0.4) is 0 Å². The number of nitrogens with zero attached hydrogens (tertiary/aromatic N) is 2. The molecule has 25 heavy (non-hydrogen) atoms. The van der Waals surface area contributed by atoms with Crippen molar-refractivity contribution in [1.29, 1.82) is 5.26 Å². The van der Waals surface area contributed by atoms with Crippen molar-refractivity contribution in [1.82, 2.24) is 10.6 Å². The number of aryl methyl sites for hydroxylation is 1. The number of guanidine groups is 1. The Labute approximate surface area is 147 Å². The highest BCUT2D eigenvalue weighted by Crippen LogP contribution is 2.19. The number of methoxy groups -OCH3 is 1. The molecule has 5 nitrogen and oxygen atoms in total. The molecule has 0 heterocycles. The third-order valence-corrected chi connectivity index (χ3v) is 3.74. The fraction of sp³-hybridized carbons (Fsp3) is 0.263. The molecule has 6 heteroatoms. The van der Waals surface area contributed by atoms with Crippen LogP contribution < -0.4 is 15.4 Å². The summed E-state index contributed by atoms with van der Waals surface area (Å²) in [5.41, 5.74) is 2.89. The summed E-state index contributed by atoms with van der Waals surface area (Å²) in [5.74, 6) is 0.940. The summed E-state index contributed by atoms with van der Waals surface area (Å²) in [7, 11) is 3.29. The standard InChI is InChI=1S/C19H21FN4O/c1-13-4-6-16(18(8-13)25-3)12-24-19(22-2)23-11-15-7-5-14(10-21)9-17(15)20/h4-9H,11-12H2,1-3H3,(H2,22,23,24). The molecule has 0 bridgehead atoms. The normalized spacial score (nSPS) is 10.9. The Morgan fingerprint density at radius 1 is 1.16 bits per heavy atom. The summed E-state index contributed by atoms with van der Waals surface area (Å²) >= 11 is 0. The van der Waals surface area contributed by atoms with E-state index in [0.29, 0.717) is 23.6 Å². The van der Waals surface area contributed by atoms with Gasteiger partial charge in [0.05, 0.1) is 18.7 Å². The maximum Gasteiger partial charge on any atom is 0.191 e. The van der Waals surface area contributed by atoms with Gasteiger partial charge in [-0.3, -0.25) is 4.99 Å². The minimum Gasteiger partial charge on any atom is -0.496 e. The highest BCUT2D eigenvalue weighted by Gasteiger charge is 2.07. The third kappa shape index (κ3) is 4.95. The number of ether oxygens (including phenoxy) is 1. The molecule has 0 aromatic heterocycles. The van der Waals surface area contributed by atoms with Crippen LogP contribution in [-0.2, 0) is 13.1 Å². The van der Waals surface area contributed by atoms with Crippen molar-refractivity contribution in [2.75, 3.05) is 14.2 Å². The van der Waals surface area contributed by atoms with Crippen molar-refractivity contribution in [2.45, 2.75) is 20.0 Å². The number of hydrogen-bond acceptors (Lipinski definition) is 3. The lowest BCUT2D eigenvalue weighted by Gasteiger charge is -2.14. The van der Waals surface area contributed by atoms with E-state index in [9.17, 15) is 4.39 Å². The van der Waals surface area contributed by atoms with Crippen molar-refractivity contribution < 1.29 is 9.13 Å². The second kappa shape index (κ2) is 8.69. The molecule has 130 valence electrons. The molecule has 2 N–H and O–H groups in total. The lowest BCUT2D eigenvalue weighted by Crippen LogP contribution is -2.36. The molecule has 0 fully saturated rings. The van der Waals surface area contributed by atoms with Gasteiger partial charge in [-0.25, -0.2) is 4.39 Å². The molecule has 0 aliphatic heterocycles. The Morgan fingerprint density at radius 3 is 2.44 bits per heavy atom. The molecule has 0 amide bonds. The van der Waals surface area contributed by atoms with Crippen LogP contribution in [-0.4, -0.2) is 20.1 Å². The molecule has 0 aliphatic carbocycles. The summed E-state index contributed by atoms with van der Waals surface area (Å²) in [5, 5.41) is 15.0. The van der Waals surface area contributed by atoms with E-state index in [1.165, 1.54) is 6.07 Å². The molecule has 2 aromatic carbocycles. The Bertz CT molecular complexity index is 812. The van der Waals surface area contributed by atoms with Gasteiger partial charge in [0.2, 0.25) is 0 Å². The number of aliphatic imine (C=N–C) groups is 1. The van der Waals surface area contributed by atoms with Crippen LogP contribution in [0.4, 0.5) is 4.39 Å². The lowest BCUT2D eigenvalue weighted by atomic mass is 10.1. The Morgan fingerprint density at radius 2 is 1.84 bits per heavy atom. The van der Waals surface area contributed by atoms with E-state index in [4.69, 9.17) is 10.00 Å². The van der Waals surface area contributed by atoms with Gasteiger partial charge >= 0.3 is 0 Å². The average Bonchev–Trinajstić information content (AvgIpc) is 2.63. The molecule has 0 spiro atoms. The second-order valence-electron chi connectivity index (χ2n) is 5.51. The van der Waals surface area contributed by atoms with Gasteiger partial charge in [-0.15, -0.1) is 0 Å². The maximum atomic E-state index is 13.9. The molecule has 0 unspecified atom stereocenters. The zero-order chi connectivity index (χ0) is 18.2. The highest BCUT2D eigenvalue weighted by molar-refractivity contribution is 5.79. The molecular formula is C19H21FN4O. The van der Waals surface area contributed by atoms with Crippen molar-refractivity contribution in [3.63, 3.8) is 0 Å². The van der Waals surface area contributed by atoms with Gasteiger partial charge < -0.3 is 15.4 Å². The number of benzene rings is 2. The summed E-state index contributed by atoms with van der Waals surface area (Å²) < 4.78 is 19.3. The van der Waals surface area contributed by atoms with Crippen molar-refractivity contribution in [3.8, 4) is 11.8 Å². The van der Waals surface area contributed by atoms with Crippen molar-refractivity contribution in [2.24, 2.45) is 4.99 Å². The topological polar surface area (TPSA) is 69.4 Å². The van der Waals surface area contributed by atoms with Gasteiger partial charge in [0.25, 0.3) is 0 Å². The predicted octanol–water partition coefficient (Wildman–Crippen LogP) is 2.88. The van der Waals surface area contributed by atoms with Gasteiger partial charge in [0.1, 0.15) is 11.6 Å². The summed E-state index contributed by atoms with van der Waals surface area (Å²) in [6.07, 6.45) is 0. The largest absolute Gasteiger partial charge is 0.496 e. The predicted molar refractivity (Wildman–Crippen MR) is 95.9 cm³/mol. The van der Waals surface area contributed by atoms with Crippen LogP contribution in [0.5, 0.6) is 5.75 Å². The molecule has 0 atom stereocenters. The van der Waals surface area contributed by atoms with Gasteiger partial charge in [-0.1, -0.05) is 18.2 Å². The van der Waals surface area contributed by atoms with Crippen LogP contribution in [0.25, 0.3) is 0 Å². The Balaban J connectivity index is 1.97. The SMILES string of the molecule is CN=C(NCc1ccc(C#N)cc1F)NCc1ccc(C)cc1OC. The molecule has 0 saturated heterocycles. The number of rotatable bonds is 5. The van der Waals surface area contributed by atoms with Crippen LogP contribution in [0.2, 0.25) is 0 Å². The van der Waals surface area contributed by atoms with E-state index >= 15 is 0 Å². The number of nitriles is 1. The van der Waals surface area contributed by atoms with Gasteiger partial charge in [-0.2, -0.15) is 5.26 Å². The van der Waals surface area contributed by atoms with E-state index in [0.717, 1.165) is 16.9 Å².